The van der Waals surface area contributed by atoms with Gasteiger partial charge in [-0.15, -0.1) is 6.61 Å². The summed E-state index contributed by atoms with van der Waals surface area (Å²) in [5.41, 5.74) is 0.385. The zero-order chi connectivity index (χ0) is 22.2. The van der Waals surface area contributed by atoms with Crippen molar-refractivity contribution in [1.29, 1.82) is 0 Å². The quantitative estimate of drug-likeness (QED) is 0.355. The van der Waals surface area contributed by atoms with Crippen LogP contribution in [0.25, 0.3) is 0 Å². The molecule has 1 saturated heterocycles. The van der Waals surface area contributed by atoms with Gasteiger partial charge in [-0.05, 0) is 37.8 Å². The van der Waals surface area contributed by atoms with Crippen LogP contribution in [-0.2, 0) is 17.6 Å². The normalized spacial score (nSPS) is 23.4. The van der Waals surface area contributed by atoms with Crippen molar-refractivity contribution in [2.24, 2.45) is 11.1 Å². The van der Waals surface area contributed by atoms with Gasteiger partial charge in [0.2, 0.25) is 0 Å². The minimum absolute atomic E-state index is 0.169. The Bertz CT molecular complexity index is 645. The van der Waals surface area contributed by atoms with Gasteiger partial charge in [0.1, 0.15) is 5.54 Å². The smallest absolute Gasteiger partial charge is 0.116 e. The first-order chi connectivity index (χ1) is 14.3. The molecule has 1 aromatic carbocycles. The molecule has 30 heavy (non-hydrogen) atoms. The van der Waals surface area contributed by atoms with E-state index in [9.17, 15) is 15.1 Å². The van der Waals surface area contributed by atoms with Crippen molar-refractivity contribution in [2.45, 2.75) is 109 Å². The van der Waals surface area contributed by atoms with E-state index in [2.05, 4.69) is 24.2 Å². The third-order valence-corrected chi connectivity index (χ3v) is 6.99. The molecule has 5 nitrogen and oxygen atoms in total. The first-order valence-electron chi connectivity index (χ1n) is 11.6. The number of hydrogen-bond acceptors (Lipinski definition) is 5. The lowest BCUT2D eigenvalue weighted by atomic mass is 9.74. The van der Waals surface area contributed by atoms with Crippen molar-refractivity contribution in [3.8, 4) is 0 Å². The molecule has 0 spiro atoms. The van der Waals surface area contributed by atoms with E-state index in [4.69, 9.17) is 4.74 Å². The molecule has 5 heteroatoms. The molecule has 2 rings (SSSR count). The van der Waals surface area contributed by atoms with Crippen molar-refractivity contribution in [1.82, 2.24) is 0 Å². The molecule has 4 atom stereocenters. The van der Waals surface area contributed by atoms with Gasteiger partial charge >= 0.3 is 0 Å². The number of unbranched alkanes of at least 4 members (excludes halogenated alkanes) is 5. The van der Waals surface area contributed by atoms with Crippen LogP contribution in [0.1, 0.15) is 83.8 Å². The molecule has 1 N–H and O–H groups in total. The van der Waals surface area contributed by atoms with Crippen molar-refractivity contribution >= 4 is 0 Å². The number of aryl methyl sites for hydroxylation is 1. The molecule has 0 saturated carbocycles. The SMILES string of the molecule is CCCCCCCCc1ccc(CC(O)C(C[O-])(C[C@H]2OC(C)(C)[C@@H]2C)N=O)cc1. The molecule has 0 radical (unpaired) electrons. The third-order valence-electron chi connectivity index (χ3n) is 6.99. The monoisotopic (exact) mass is 418 g/mol. The van der Waals surface area contributed by atoms with Crippen LogP contribution in [-0.4, -0.2) is 35.1 Å². The van der Waals surface area contributed by atoms with Crippen molar-refractivity contribution in [3.05, 3.63) is 40.3 Å². The van der Waals surface area contributed by atoms with Crippen molar-refractivity contribution in [3.63, 3.8) is 0 Å². The largest absolute Gasteiger partial charge is 0.853 e. The summed E-state index contributed by atoms with van der Waals surface area (Å²) in [7, 11) is 0. The maximum absolute atomic E-state index is 11.9. The first kappa shape index (κ1) is 25.0. The number of nitrogens with zero attached hydrogens (tertiary/aromatic N) is 1. The van der Waals surface area contributed by atoms with Gasteiger partial charge < -0.3 is 14.9 Å². The summed E-state index contributed by atoms with van der Waals surface area (Å²) in [5.74, 6) is 0.207. The van der Waals surface area contributed by atoms with Crippen LogP contribution in [0.4, 0.5) is 0 Å². The lowest BCUT2D eigenvalue weighted by Gasteiger charge is -2.52. The van der Waals surface area contributed by atoms with E-state index in [0.717, 1.165) is 12.0 Å². The fourth-order valence-electron chi connectivity index (χ4n) is 4.32. The predicted octanol–water partition coefficient (Wildman–Crippen LogP) is 4.56. The highest BCUT2D eigenvalue weighted by atomic mass is 16.5. The Kier molecular flexibility index (Phi) is 9.45. The molecule has 1 aromatic rings. The molecular formula is C25H40NO4-. The molecule has 1 aliphatic heterocycles. The van der Waals surface area contributed by atoms with Gasteiger partial charge in [-0.3, -0.25) is 0 Å². The van der Waals surface area contributed by atoms with Crippen molar-refractivity contribution in [2.75, 3.05) is 6.61 Å². The summed E-state index contributed by atoms with van der Waals surface area (Å²) in [6.45, 7) is 7.52. The second-order valence-corrected chi connectivity index (χ2v) is 9.65. The summed E-state index contributed by atoms with van der Waals surface area (Å²) in [4.78, 5) is 11.6. The minimum Gasteiger partial charge on any atom is -0.853 e. The molecule has 0 bridgehead atoms. The summed E-state index contributed by atoms with van der Waals surface area (Å²) >= 11 is 0. The molecule has 1 heterocycles. The van der Waals surface area contributed by atoms with Crippen LogP contribution >= 0.6 is 0 Å². The van der Waals surface area contributed by atoms with Crippen LogP contribution in [0, 0.1) is 10.8 Å². The van der Waals surface area contributed by atoms with Gasteiger partial charge in [0.05, 0.1) is 17.8 Å². The average molecular weight is 419 g/mol. The molecular weight excluding hydrogens is 378 g/mol. The molecule has 170 valence electrons. The van der Waals surface area contributed by atoms with Crippen LogP contribution in [0.3, 0.4) is 0 Å². The zero-order valence-electron chi connectivity index (χ0n) is 19.2. The molecule has 1 aliphatic rings. The standard InChI is InChI=1S/C25H40NO4/c1-5-6-7-8-9-10-11-20-12-14-21(15-13-20)16-23(28)25(18-27,26-29)17-22-19(2)24(3,4)30-22/h12-15,19,22-23,28H,5-11,16-18H2,1-4H3/q-1/t19-,22-,23?,25?/m1/s1. The Labute approximate surface area is 182 Å². The Morgan fingerprint density at radius 1 is 1.13 bits per heavy atom. The number of hydrogen-bond donors (Lipinski definition) is 1. The minimum atomic E-state index is -1.55. The van der Waals surface area contributed by atoms with Gasteiger partial charge in [0, 0.05) is 18.8 Å². The van der Waals surface area contributed by atoms with E-state index in [0.29, 0.717) is 0 Å². The summed E-state index contributed by atoms with van der Waals surface area (Å²) in [6.07, 6.45) is 7.80. The average Bonchev–Trinajstić information content (AvgIpc) is 2.74. The second-order valence-electron chi connectivity index (χ2n) is 9.65. The highest BCUT2D eigenvalue weighted by Crippen LogP contribution is 2.43. The highest BCUT2D eigenvalue weighted by Gasteiger charge is 2.50. The summed E-state index contributed by atoms with van der Waals surface area (Å²) in [6, 6.07) is 8.14. The maximum Gasteiger partial charge on any atom is 0.116 e. The van der Waals surface area contributed by atoms with Crippen LogP contribution in [0.15, 0.2) is 29.4 Å². The second kappa shape index (κ2) is 11.4. The summed E-state index contributed by atoms with van der Waals surface area (Å²) < 4.78 is 5.83. The van der Waals surface area contributed by atoms with E-state index in [1.165, 1.54) is 44.1 Å². The van der Waals surface area contributed by atoms with Crippen LogP contribution in [0.2, 0.25) is 0 Å². The molecule has 0 aliphatic carbocycles. The predicted molar refractivity (Wildman–Crippen MR) is 119 cm³/mol. The first-order valence-corrected chi connectivity index (χ1v) is 11.6. The number of nitroso groups, excluding NO2 is 1. The molecule has 2 unspecified atom stereocenters. The highest BCUT2D eigenvalue weighted by molar-refractivity contribution is 5.24. The molecule has 0 aromatic heterocycles. The van der Waals surface area contributed by atoms with E-state index in [1.807, 2.05) is 32.9 Å². The van der Waals surface area contributed by atoms with Gasteiger partial charge in [0.25, 0.3) is 0 Å². The van der Waals surface area contributed by atoms with E-state index in [1.54, 1.807) is 0 Å². The van der Waals surface area contributed by atoms with Gasteiger partial charge in [0.15, 0.2) is 0 Å². The van der Waals surface area contributed by atoms with E-state index in [-0.39, 0.29) is 30.5 Å². The Balaban J connectivity index is 1.88. The maximum atomic E-state index is 11.9. The van der Waals surface area contributed by atoms with Gasteiger partial charge in [-0.25, -0.2) is 0 Å². The van der Waals surface area contributed by atoms with Gasteiger partial charge in [-0.2, -0.15) is 4.91 Å². The van der Waals surface area contributed by atoms with E-state index < -0.39 is 18.2 Å². The number of benzene rings is 1. The van der Waals surface area contributed by atoms with Gasteiger partial charge in [-0.1, -0.05) is 75.4 Å². The Morgan fingerprint density at radius 3 is 2.27 bits per heavy atom. The number of aliphatic hydroxyl groups excluding tert-OH is 1. The Hall–Kier alpha value is -1.30. The fraction of sp³-hybridized carbons (Fsp3) is 0.760. The lowest BCUT2D eigenvalue weighted by molar-refractivity contribution is -0.389. The number of aliphatic hydroxyl groups is 1. The topological polar surface area (TPSA) is 81.9 Å². The zero-order valence-corrected chi connectivity index (χ0v) is 19.2. The molecule has 1 fully saturated rings. The Morgan fingerprint density at radius 2 is 1.73 bits per heavy atom. The lowest BCUT2D eigenvalue weighted by Crippen LogP contribution is -2.60. The third kappa shape index (κ3) is 6.35. The number of ether oxygens (including phenoxy) is 1. The van der Waals surface area contributed by atoms with E-state index >= 15 is 0 Å². The summed E-state index contributed by atoms with van der Waals surface area (Å²) in [5, 5.41) is 25.8. The van der Waals surface area contributed by atoms with Crippen molar-refractivity contribution < 1.29 is 14.9 Å². The molecule has 0 amide bonds. The number of rotatable bonds is 14. The fourth-order valence-corrected chi connectivity index (χ4v) is 4.32. The van der Waals surface area contributed by atoms with Crippen LogP contribution in [0.5, 0.6) is 0 Å². The van der Waals surface area contributed by atoms with Crippen LogP contribution < -0.4 is 5.11 Å².